The van der Waals surface area contributed by atoms with E-state index >= 15 is 0 Å². The van der Waals surface area contributed by atoms with Crippen molar-refractivity contribution in [1.29, 1.82) is 0 Å². The van der Waals surface area contributed by atoms with E-state index in [9.17, 15) is 4.79 Å². The first kappa shape index (κ1) is 10.9. The summed E-state index contributed by atoms with van der Waals surface area (Å²) in [5, 5.41) is 0.300. The van der Waals surface area contributed by atoms with Crippen LogP contribution < -0.4 is 0 Å². The predicted octanol–water partition coefficient (Wildman–Crippen LogP) is 3.13. The maximum Gasteiger partial charge on any atom is 0.281 e. The van der Waals surface area contributed by atoms with E-state index in [4.69, 9.17) is 0 Å². The van der Waals surface area contributed by atoms with Crippen LogP contribution in [0.5, 0.6) is 0 Å². The molecule has 0 aromatic heterocycles. The Morgan fingerprint density at radius 1 is 1.31 bits per heavy atom. The van der Waals surface area contributed by atoms with Gasteiger partial charge in [0.1, 0.15) is 0 Å². The second-order valence-electron chi connectivity index (χ2n) is 3.52. The first-order chi connectivity index (χ1) is 6.34. The zero-order valence-corrected chi connectivity index (χ0v) is 9.24. The molecule has 1 aliphatic heterocycles. The molecule has 0 aliphatic carbocycles. The highest BCUT2D eigenvalue weighted by Crippen LogP contribution is 2.16. The van der Waals surface area contributed by atoms with Crippen LogP contribution in [-0.4, -0.2) is 29.0 Å². The summed E-state index contributed by atoms with van der Waals surface area (Å²) in [6.07, 6.45) is 6.06. The second-order valence-corrected chi connectivity index (χ2v) is 4.56. The molecule has 76 valence electrons. The summed E-state index contributed by atoms with van der Waals surface area (Å²) in [6, 6.07) is 0. The van der Waals surface area contributed by atoms with Crippen molar-refractivity contribution in [3.05, 3.63) is 0 Å². The van der Waals surface area contributed by atoms with Crippen molar-refractivity contribution in [2.24, 2.45) is 0 Å². The molecule has 13 heavy (non-hydrogen) atoms. The van der Waals surface area contributed by atoms with Crippen molar-refractivity contribution in [1.82, 2.24) is 4.90 Å². The molecule has 0 aromatic carbocycles. The first-order valence-corrected chi connectivity index (χ1v) is 6.25. The molecule has 0 saturated carbocycles. The number of amides is 1. The van der Waals surface area contributed by atoms with E-state index in [-0.39, 0.29) is 0 Å². The van der Waals surface area contributed by atoms with E-state index in [1.807, 2.05) is 4.90 Å². The van der Waals surface area contributed by atoms with Crippen LogP contribution in [0.4, 0.5) is 4.79 Å². The van der Waals surface area contributed by atoms with Gasteiger partial charge in [-0.3, -0.25) is 4.79 Å². The zero-order valence-electron chi connectivity index (χ0n) is 8.42. The van der Waals surface area contributed by atoms with E-state index in [0.717, 1.165) is 18.8 Å². The van der Waals surface area contributed by atoms with Crippen molar-refractivity contribution in [2.45, 2.75) is 39.0 Å². The number of carbonyl (C=O) groups excluding carboxylic acids is 1. The number of rotatable bonds is 4. The van der Waals surface area contributed by atoms with E-state index in [0.29, 0.717) is 5.24 Å². The van der Waals surface area contributed by atoms with Gasteiger partial charge < -0.3 is 4.90 Å². The number of thioether (sulfide) groups is 1. The Labute approximate surface area is 85.1 Å². The smallest absolute Gasteiger partial charge is 0.281 e. The minimum atomic E-state index is 0.300. The lowest BCUT2D eigenvalue weighted by molar-refractivity contribution is 0.233. The summed E-state index contributed by atoms with van der Waals surface area (Å²) in [7, 11) is 0. The lowest BCUT2D eigenvalue weighted by atomic mass is 10.3. The second kappa shape index (κ2) is 6.30. The third-order valence-corrected chi connectivity index (χ3v) is 3.34. The monoisotopic (exact) mass is 201 g/mol. The highest BCUT2D eigenvalue weighted by Gasteiger charge is 2.17. The van der Waals surface area contributed by atoms with Crippen LogP contribution >= 0.6 is 11.8 Å². The third-order valence-electron chi connectivity index (χ3n) is 2.34. The summed E-state index contributed by atoms with van der Waals surface area (Å²) in [5.74, 6) is 1.00. The van der Waals surface area contributed by atoms with Crippen molar-refractivity contribution in [2.75, 3.05) is 18.8 Å². The molecular weight excluding hydrogens is 182 g/mol. The number of hydrogen-bond acceptors (Lipinski definition) is 2. The fourth-order valence-electron chi connectivity index (χ4n) is 1.50. The molecule has 0 aromatic rings. The van der Waals surface area contributed by atoms with Gasteiger partial charge in [0, 0.05) is 18.8 Å². The predicted molar refractivity (Wildman–Crippen MR) is 58.2 cm³/mol. The quantitative estimate of drug-likeness (QED) is 0.651. The fourth-order valence-corrected chi connectivity index (χ4v) is 2.39. The Morgan fingerprint density at radius 3 is 2.62 bits per heavy atom. The van der Waals surface area contributed by atoms with Crippen LogP contribution in [-0.2, 0) is 0 Å². The maximum atomic E-state index is 11.5. The lowest BCUT2D eigenvalue weighted by Gasteiger charge is -2.13. The number of unbranched alkanes of at least 4 members (excludes halogenated alkanes) is 2. The first-order valence-electron chi connectivity index (χ1n) is 5.26. The largest absolute Gasteiger partial charge is 0.334 e. The molecule has 0 unspecified atom stereocenters. The Morgan fingerprint density at radius 2 is 2.00 bits per heavy atom. The van der Waals surface area contributed by atoms with Gasteiger partial charge in [-0.05, 0) is 19.3 Å². The van der Waals surface area contributed by atoms with Crippen molar-refractivity contribution < 1.29 is 4.79 Å². The van der Waals surface area contributed by atoms with Gasteiger partial charge in [0.25, 0.3) is 5.24 Å². The molecule has 1 rings (SSSR count). The molecule has 0 spiro atoms. The average molecular weight is 201 g/mol. The van der Waals surface area contributed by atoms with Crippen molar-refractivity contribution in [3.63, 3.8) is 0 Å². The average Bonchev–Trinajstić information content (AvgIpc) is 2.65. The molecule has 0 atom stereocenters. The SMILES string of the molecule is CCCCCSC(=O)N1CCCC1. The molecule has 3 heteroatoms. The van der Waals surface area contributed by atoms with Crippen molar-refractivity contribution in [3.8, 4) is 0 Å². The molecule has 0 bridgehead atoms. The molecule has 1 aliphatic rings. The van der Waals surface area contributed by atoms with Crippen LogP contribution in [0.25, 0.3) is 0 Å². The van der Waals surface area contributed by atoms with Crippen LogP contribution in [0.2, 0.25) is 0 Å². The highest BCUT2D eigenvalue weighted by atomic mass is 32.2. The summed E-state index contributed by atoms with van der Waals surface area (Å²) in [6.45, 7) is 4.16. The fraction of sp³-hybridized carbons (Fsp3) is 0.900. The Kier molecular flexibility index (Phi) is 5.28. The minimum absolute atomic E-state index is 0.300. The van der Waals surface area contributed by atoms with Crippen LogP contribution in [0.15, 0.2) is 0 Å². The number of likely N-dealkylation sites (tertiary alicyclic amines) is 1. The van der Waals surface area contributed by atoms with E-state index in [1.165, 1.54) is 43.9 Å². The maximum absolute atomic E-state index is 11.5. The third kappa shape index (κ3) is 4.03. The van der Waals surface area contributed by atoms with Gasteiger partial charge in [-0.1, -0.05) is 31.5 Å². The van der Waals surface area contributed by atoms with Gasteiger partial charge in [0.05, 0.1) is 0 Å². The molecule has 1 amide bonds. The topological polar surface area (TPSA) is 20.3 Å². The molecule has 1 heterocycles. The zero-order chi connectivity index (χ0) is 9.52. The number of carbonyl (C=O) groups is 1. The molecule has 0 radical (unpaired) electrons. The highest BCUT2D eigenvalue weighted by molar-refractivity contribution is 8.13. The van der Waals surface area contributed by atoms with E-state index in [2.05, 4.69) is 6.92 Å². The van der Waals surface area contributed by atoms with Crippen LogP contribution in [0.1, 0.15) is 39.0 Å². The van der Waals surface area contributed by atoms with E-state index < -0.39 is 0 Å². The number of hydrogen-bond donors (Lipinski definition) is 0. The van der Waals surface area contributed by atoms with Gasteiger partial charge in [-0.25, -0.2) is 0 Å². The Hall–Kier alpha value is -0.180. The Bertz CT molecular complexity index is 155. The van der Waals surface area contributed by atoms with Crippen LogP contribution in [0.3, 0.4) is 0 Å². The molecular formula is C10H19NOS. The summed E-state index contributed by atoms with van der Waals surface area (Å²) < 4.78 is 0. The molecule has 1 saturated heterocycles. The van der Waals surface area contributed by atoms with E-state index in [1.54, 1.807) is 0 Å². The standard InChI is InChI=1S/C10H19NOS/c1-2-3-6-9-13-10(12)11-7-4-5-8-11/h2-9H2,1H3. The summed E-state index contributed by atoms with van der Waals surface area (Å²) >= 11 is 1.50. The van der Waals surface area contributed by atoms with Crippen LogP contribution in [0, 0.1) is 0 Å². The minimum Gasteiger partial charge on any atom is -0.334 e. The molecule has 1 fully saturated rings. The molecule has 0 N–H and O–H groups in total. The number of nitrogens with zero attached hydrogens (tertiary/aromatic N) is 1. The van der Waals surface area contributed by atoms with Gasteiger partial charge in [0.2, 0.25) is 0 Å². The van der Waals surface area contributed by atoms with Gasteiger partial charge in [-0.2, -0.15) is 0 Å². The van der Waals surface area contributed by atoms with Crippen molar-refractivity contribution >= 4 is 17.0 Å². The summed E-state index contributed by atoms with van der Waals surface area (Å²) in [4.78, 5) is 13.5. The molecule has 2 nitrogen and oxygen atoms in total. The normalized spacial score (nSPS) is 16.5. The lowest BCUT2D eigenvalue weighted by Crippen LogP contribution is -2.23. The summed E-state index contributed by atoms with van der Waals surface area (Å²) in [5.41, 5.74) is 0. The van der Waals surface area contributed by atoms with Gasteiger partial charge in [0.15, 0.2) is 0 Å². The van der Waals surface area contributed by atoms with Gasteiger partial charge >= 0.3 is 0 Å². The van der Waals surface area contributed by atoms with Gasteiger partial charge in [-0.15, -0.1) is 0 Å². The Balaban J connectivity index is 2.03.